The van der Waals surface area contributed by atoms with Gasteiger partial charge in [-0.1, -0.05) is 60.7 Å². The first-order valence-electron chi connectivity index (χ1n) is 11.6. The van der Waals surface area contributed by atoms with Gasteiger partial charge in [0, 0.05) is 24.0 Å². The van der Waals surface area contributed by atoms with Gasteiger partial charge in [0.15, 0.2) is 5.82 Å². The molecule has 0 atom stereocenters. The van der Waals surface area contributed by atoms with Crippen molar-refractivity contribution in [3.8, 4) is 11.1 Å². The zero-order valence-electron chi connectivity index (χ0n) is 20.0. The van der Waals surface area contributed by atoms with E-state index in [0.717, 1.165) is 35.3 Å². The summed E-state index contributed by atoms with van der Waals surface area (Å²) in [7, 11) is -2.10. The van der Waals surface area contributed by atoms with Crippen LogP contribution in [0.2, 0.25) is 0 Å². The first kappa shape index (κ1) is 23.7. The van der Waals surface area contributed by atoms with E-state index in [1.165, 1.54) is 12.6 Å². The number of hydrazone groups is 1. The standard InChI is InChI=1S/C27H26N6O2S/c1-19(20-12-14-23(15-13-20)36(34,35)28-2)31-32-26-24(21-8-4-3-5-9-21)18-29-27(30-26)33-17-16-22-10-6-7-11-25(22)33/h3-15,18,28H,16-17H2,1-2H3,(H,29,30,32). The molecule has 182 valence electrons. The zero-order valence-corrected chi connectivity index (χ0v) is 20.8. The van der Waals surface area contributed by atoms with Crippen LogP contribution in [0.4, 0.5) is 17.5 Å². The predicted molar refractivity (Wildman–Crippen MR) is 143 cm³/mol. The summed E-state index contributed by atoms with van der Waals surface area (Å²) in [4.78, 5) is 11.9. The van der Waals surface area contributed by atoms with Crippen molar-refractivity contribution in [2.45, 2.75) is 18.2 Å². The summed E-state index contributed by atoms with van der Waals surface area (Å²) in [5.74, 6) is 1.20. The normalized spacial score (nSPS) is 13.5. The van der Waals surface area contributed by atoms with Crippen molar-refractivity contribution in [1.82, 2.24) is 14.7 Å². The Morgan fingerprint density at radius 1 is 0.972 bits per heavy atom. The maximum Gasteiger partial charge on any atom is 0.240 e. The summed E-state index contributed by atoms with van der Waals surface area (Å²) in [6, 6.07) is 24.8. The summed E-state index contributed by atoms with van der Waals surface area (Å²) in [5.41, 5.74) is 8.82. The Kier molecular flexibility index (Phi) is 6.49. The van der Waals surface area contributed by atoms with Gasteiger partial charge in [-0.2, -0.15) is 10.1 Å². The van der Waals surface area contributed by atoms with Crippen LogP contribution in [0.5, 0.6) is 0 Å². The molecule has 8 nitrogen and oxygen atoms in total. The van der Waals surface area contributed by atoms with Crippen molar-refractivity contribution in [2.24, 2.45) is 5.10 Å². The first-order chi connectivity index (χ1) is 17.5. The van der Waals surface area contributed by atoms with Crippen molar-refractivity contribution in [3.05, 3.63) is 96.2 Å². The van der Waals surface area contributed by atoms with Gasteiger partial charge in [0.1, 0.15) is 0 Å². The van der Waals surface area contributed by atoms with E-state index >= 15 is 0 Å². The minimum Gasteiger partial charge on any atom is -0.310 e. The molecule has 9 heteroatoms. The third-order valence-electron chi connectivity index (χ3n) is 6.17. The molecule has 0 radical (unpaired) electrons. The molecule has 2 heterocycles. The third-order valence-corrected chi connectivity index (χ3v) is 7.60. The van der Waals surface area contributed by atoms with E-state index in [1.54, 1.807) is 24.3 Å². The lowest BCUT2D eigenvalue weighted by Crippen LogP contribution is -2.18. The summed E-state index contributed by atoms with van der Waals surface area (Å²) >= 11 is 0. The minimum atomic E-state index is -3.49. The number of benzene rings is 3. The number of fused-ring (bicyclic) bond motifs is 1. The van der Waals surface area contributed by atoms with Crippen molar-refractivity contribution in [1.29, 1.82) is 0 Å². The Labute approximate surface area is 210 Å². The van der Waals surface area contributed by atoms with E-state index in [1.807, 2.05) is 55.6 Å². The molecule has 1 aliphatic heterocycles. The van der Waals surface area contributed by atoms with Crippen LogP contribution in [0.25, 0.3) is 11.1 Å². The van der Waals surface area contributed by atoms with Crippen molar-refractivity contribution in [2.75, 3.05) is 23.9 Å². The van der Waals surface area contributed by atoms with Crippen LogP contribution in [-0.2, 0) is 16.4 Å². The number of aromatic nitrogens is 2. The lowest BCUT2D eigenvalue weighted by Gasteiger charge is -2.19. The summed E-state index contributed by atoms with van der Waals surface area (Å²) < 4.78 is 26.3. The van der Waals surface area contributed by atoms with E-state index in [4.69, 9.17) is 4.98 Å². The van der Waals surface area contributed by atoms with Crippen molar-refractivity contribution >= 4 is 33.2 Å². The highest BCUT2D eigenvalue weighted by Gasteiger charge is 2.23. The topological polar surface area (TPSA) is 99.6 Å². The van der Waals surface area contributed by atoms with Gasteiger partial charge in [-0.15, -0.1) is 0 Å². The molecule has 1 aliphatic rings. The smallest absolute Gasteiger partial charge is 0.240 e. The van der Waals surface area contributed by atoms with Gasteiger partial charge in [-0.3, -0.25) is 5.43 Å². The Hall–Kier alpha value is -4.08. The molecular formula is C27H26N6O2S. The lowest BCUT2D eigenvalue weighted by atomic mass is 10.1. The molecular weight excluding hydrogens is 472 g/mol. The number of para-hydroxylation sites is 1. The highest BCUT2D eigenvalue weighted by atomic mass is 32.2. The molecule has 0 spiro atoms. The molecule has 2 N–H and O–H groups in total. The van der Waals surface area contributed by atoms with E-state index in [0.29, 0.717) is 17.5 Å². The van der Waals surface area contributed by atoms with E-state index in [-0.39, 0.29) is 4.90 Å². The van der Waals surface area contributed by atoms with Crippen LogP contribution in [0.1, 0.15) is 18.1 Å². The monoisotopic (exact) mass is 498 g/mol. The molecule has 5 rings (SSSR count). The number of anilines is 3. The maximum atomic E-state index is 12.0. The highest BCUT2D eigenvalue weighted by Crippen LogP contribution is 2.34. The Balaban J connectivity index is 1.48. The molecule has 4 aromatic rings. The fourth-order valence-electron chi connectivity index (χ4n) is 4.16. The van der Waals surface area contributed by atoms with Gasteiger partial charge >= 0.3 is 0 Å². The van der Waals surface area contributed by atoms with Gasteiger partial charge in [0.2, 0.25) is 16.0 Å². The molecule has 0 aliphatic carbocycles. The van der Waals surface area contributed by atoms with Gasteiger partial charge in [-0.25, -0.2) is 18.1 Å². The largest absolute Gasteiger partial charge is 0.310 e. The second-order valence-electron chi connectivity index (χ2n) is 8.37. The maximum absolute atomic E-state index is 12.0. The fourth-order valence-corrected chi connectivity index (χ4v) is 4.89. The molecule has 0 bridgehead atoms. The second-order valence-corrected chi connectivity index (χ2v) is 10.3. The average Bonchev–Trinajstić information content (AvgIpc) is 3.36. The Morgan fingerprint density at radius 2 is 1.69 bits per heavy atom. The van der Waals surface area contributed by atoms with Crippen LogP contribution < -0.4 is 15.0 Å². The molecule has 0 saturated carbocycles. The van der Waals surface area contributed by atoms with E-state index < -0.39 is 10.0 Å². The molecule has 3 aromatic carbocycles. The fraction of sp³-hybridized carbons (Fsp3) is 0.148. The second kappa shape index (κ2) is 9.88. The third kappa shape index (κ3) is 4.71. The van der Waals surface area contributed by atoms with Gasteiger partial charge < -0.3 is 4.90 Å². The lowest BCUT2D eigenvalue weighted by molar-refractivity contribution is 0.588. The number of sulfonamides is 1. The predicted octanol–water partition coefficient (Wildman–Crippen LogP) is 4.58. The van der Waals surface area contributed by atoms with Crippen LogP contribution in [-0.4, -0.2) is 37.7 Å². The van der Waals surface area contributed by atoms with Crippen LogP contribution in [0.15, 0.2) is 95.1 Å². The molecule has 0 saturated heterocycles. The number of hydrogen-bond donors (Lipinski definition) is 2. The Morgan fingerprint density at radius 3 is 2.44 bits per heavy atom. The average molecular weight is 499 g/mol. The van der Waals surface area contributed by atoms with Gasteiger partial charge in [0.25, 0.3) is 0 Å². The molecule has 1 aromatic heterocycles. The molecule has 0 unspecified atom stereocenters. The molecule has 36 heavy (non-hydrogen) atoms. The summed E-state index contributed by atoms with van der Waals surface area (Å²) in [5, 5.41) is 4.57. The SMILES string of the molecule is CNS(=O)(=O)c1ccc(C(C)=NNc2nc(N3CCc4ccccc43)ncc2-c2ccccc2)cc1. The number of nitrogens with zero attached hydrogens (tertiary/aromatic N) is 4. The van der Waals surface area contributed by atoms with Crippen molar-refractivity contribution in [3.63, 3.8) is 0 Å². The minimum absolute atomic E-state index is 0.201. The van der Waals surface area contributed by atoms with Crippen molar-refractivity contribution < 1.29 is 8.42 Å². The van der Waals surface area contributed by atoms with Gasteiger partial charge in [0.05, 0.1) is 10.6 Å². The number of hydrogen-bond acceptors (Lipinski definition) is 7. The number of rotatable bonds is 7. The van der Waals surface area contributed by atoms with Crippen LogP contribution >= 0.6 is 0 Å². The van der Waals surface area contributed by atoms with Gasteiger partial charge in [-0.05, 0) is 55.3 Å². The number of nitrogens with one attached hydrogen (secondary N) is 2. The first-order valence-corrected chi connectivity index (χ1v) is 13.1. The van der Waals surface area contributed by atoms with Crippen LogP contribution in [0, 0.1) is 0 Å². The quantitative estimate of drug-likeness (QED) is 0.286. The van der Waals surface area contributed by atoms with Crippen LogP contribution in [0.3, 0.4) is 0 Å². The Bertz CT molecular complexity index is 1520. The van der Waals surface area contributed by atoms with E-state index in [2.05, 4.69) is 37.3 Å². The van der Waals surface area contributed by atoms with E-state index in [9.17, 15) is 8.42 Å². The molecule has 0 fully saturated rings. The zero-order chi connectivity index (χ0) is 25.1. The summed E-state index contributed by atoms with van der Waals surface area (Å²) in [6.07, 6.45) is 2.77. The summed E-state index contributed by atoms with van der Waals surface area (Å²) in [6.45, 7) is 2.67. The molecule has 0 amide bonds. The highest BCUT2D eigenvalue weighted by molar-refractivity contribution is 7.89.